The maximum Gasteiger partial charge on any atom is 0.191 e. The Morgan fingerprint density at radius 1 is 1.59 bits per heavy atom. The second-order valence-electron chi connectivity index (χ2n) is 4.20. The first-order chi connectivity index (χ1) is 7.78. The number of nitrogens with zero attached hydrogens (tertiary/aromatic N) is 3. The van der Waals surface area contributed by atoms with E-state index in [4.69, 9.17) is 0 Å². The molecule has 0 aromatic carbocycles. The number of halogens is 1. The van der Waals surface area contributed by atoms with Crippen molar-refractivity contribution in [2.24, 2.45) is 4.99 Å². The fourth-order valence-corrected chi connectivity index (χ4v) is 1.49. The van der Waals surface area contributed by atoms with Crippen molar-refractivity contribution >= 4 is 29.9 Å². The van der Waals surface area contributed by atoms with Gasteiger partial charge in [0, 0.05) is 25.8 Å². The zero-order chi connectivity index (χ0) is 11.4. The summed E-state index contributed by atoms with van der Waals surface area (Å²) in [5.74, 6) is 0.895. The number of aliphatic imine (C=N–C) groups is 1. The van der Waals surface area contributed by atoms with E-state index in [1.54, 1.807) is 7.05 Å². The van der Waals surface area contributed by atoms with E-state index < -0.39 is 0 Å². The fourth-order valence-electron chi connectivity index (χ4n) is 1.49. The molecule has 0 atom stereocenters. The van der Waals surface area contributed by atoms with Crippen LogP contribution in [-0.4, -0.2) is 35.4 Å². The molecule has 0 unspecified atom stereocenters. The van der Waals surface area contributed by atoms with Gasteiger partial charge in [-0.2, -0.15) is 5.10 Å². The van der Waals surface area contributed by atoms with Crippen LogP contribution in [0.5, 0.6) is 0 Å². The third-order valence-electron chi connectivity index (χ3n) is 2.54. The van der Waals surface area contributed by atoms with E-state index in [0.717, 1.165) is 19.0 Å². The van der Waals surface area contributed by atoms with Crippen molar-refractivity contribution in [3.05, 3.63) is 18.0 Å². The van der Waals surface area contributed by atoms with E-state index in [9.17, 15) is 0 Å². The number of guanidine groups is 1. The van der Waals surface area contributed by atoms with Crippen LogP contribution >= 0.6 is 24.0 Å². The highest BCUT2D eigenvalue weighted by Gasteiger charge is 2.21. The zero-order valence-corrected chi connectivity index (χ0v) is 12.6. The van der Waals surface area contributed by atoms with Gasteiger partial charge in [0.15, 0.2) is 5.96 Å². The number of rotatable bonds is 4. The lowest BCUT2D eigenvalue weighted by molar-refractivity contribution is 0.597. The molecule has 0 spiro atoms. The second-order valence-corrected chi connectivity index (χ2v) is 4.20. The summed E-state index contributed by atoms with van der Waals surface area (Å²) in [4.78, 5) is 4.17. The summed E-state index contributed by atoms with van der Waals surface area (Å²) in [6, 6.07) is 0.637. The molecule has 0 saturated heterocycles. The van der Waals surface area contributed by atoms with Gasteiger partial charge >= 0.3 is 0 Å². The lowest BCUT2D eigenvalue weighted by Gasteiger charge is -2.10. The van der Waals surface area contributed by atoms with Crippen LogP contribution < -0.4 is 10.6 Å². The summed E-state index contributed by atoms with van der Waals surface area (Å²) >= 11 is 0. The number of nitrogens with one attached hydrogen (secondary N) is 2. The van der Waals surface area contributed by atoms with Crippen LogP contribution in [0.15, 0.2) is 17.4 Å². The van der Waals surface area contributed by atoms with E-state index in [1.807, 2.05) is 24.0 Å². The Morgan fingerprint density at radius 2 is 2.35 bits per heavy atom. The largest absolute Gasteiger partial charge is 0.355 e. The van der Waals surface area contributed by atoms with Crippen molar-refractivity contribution in [3.8, 4) is 0 Å². The van der Waals surface area contributed by atoms with E-state index in [-0.39, 0.29) is 24.0 Å². The van der Waals surface area contributed by atoms with Gasteiger partial charge in [-0.1, -0.05) is 0 Å². The van der Waals surface area contributed by atoms with Crippen molar-refractivity contribution in [3.63, 3.8) is 0 Å². The van der Waals surface area contributed by atoms with Crippen LogP contribution in [0.4, 0.5) is 0 Å². The van der Waals surface area contributed by atoms with Crippen LogP contribution in [0.25, 0.3) is 0 Å². The maximum absolute atomic E-state index is 4.23. The number of aromatic nitrogens is 2. The highest BCUT2D eigenvalue weighted by Crippen LogP contribution is 2.18. The van der Waals surface area contributed by atoms with Crippen molar-refractivity contribution in [2.45, 2.75) is 32.4 Å². The Labute approximate surface area is 119 Å². The van der Waals surface area contributed by atoms with Gasteiger partial charge in [0.1, 0.15) is 0 Å². The first-order valence-corrected chi connectivity index (χ1v) is 5.74. The van der Waals surface area contributed by atoms with Gasteiger partial charge in [-0.3, -0.25) is 9.67 Å². The molecule has 1 fully saturated rings. The summed E-state index contributed by atoms with van der Waals surface area (Å²) in [6.07, 6.45) is 6.44. The van der Waals surface area contributed by atoms with E-state index in [2.05, 4.69) is 20.7 Å². The summed E-state index contributed by atoms with van der Waals surface area (Å²) in [7, 11) is 1.80. The van der Waals surface area contributed by atoms with Crippen molar-refractivity contribution in [1.29, 1.82) is 0 Å². The molecule has 2 rings (SSSR count). The van der Waals surface area contributed by atoms with E-state index >= 15 is 0 Å². The minimum Gasteiger partial charge on any atom is -0.355 e. The number of hydrogen-bond acceptors (Lipinski definition) is 2. The average molecular weight is 349 g/mol. The molecule has 1 saturated carbocycles. The first-order valence-electron chi connectivity index (χ1n) is 5.74. The molecule has 5 nitrogen and oxygen atoms in total. The SMILES string of the molecule is CN=C(NCCn1cc(C)cn1)NC1CC1.I. The molecule has 1 aliphatic rings. The van der Waals surface area contributed by atoms with Crippen molar-refractivity contribution in [1.82, 2.24) is 20.4 Å². The minimum absolute atomic E-state index is 0. The van der Waals surface area contributed by atoms with Crippen LogP contribution in [0, 0.1) is 6.92 Å². The molecule has 96 valence electrons. The van der Waals surface area contributed by atoms with Gasteiger partial charge in [-0.05, 0) is 25.3 Å². The lowest BCUT2D eigenvalue weighted by Crippen LogP contribution is -2.39. The number of aryl methyl sites for hydroxylation is 1. The van der Waals surface area contributed by atoms with E-state index in [0.29, 0.717) is 6.04 Å². The quantitative estimate of drug-likeness (QED) is 0.487. The average Bonchev–Trinajstić information content (AvgIpc) is 3.00. The molecule has 2 N–H and O–H groups in total. The Hall–Kier alpha value is -0.790. The van der Waals surface area contributed by atoms with Crippen molar-refractivity contribution in [2.75, 3.05) is 13.6 Å². The summed E-state index contributed by atoms with van der Waals surface area (Å²) in [5, 5.41) is 10.8. The topological polar surface area (TPSA) is 54.2 Å². The molecule has 0 bridgehead atoms. The van der Waals surface area contributed by atoms with Crippen LogP contribution in [-0.2, 0) is 6.54 Å². The predicted octanol–water partition coefficient (Wildman–Crippen LogP) is 1.14. The maximum atomic E-state index is 4.23. The summed E-state index contributed by atoms with van der Waals surface area (Å²) in [5.41, 5.74) is 1.19. The normalized spacial score (nSPS) is 15.3. The van der Waals surface area contributed by atoms with Gasteiger partial charge < -0.3 is 10.6 Å². The Morgan fingerprint density at radius 3 is 2.88 bits per heavy atom. The third-order valence-corrected chi connectivity index (χ3v) is 2.54. The highest BCUT2D eigenvalue weighted by molar-refractivity contribution is 14.0. The molecule has 1 aliphatic carbocycles. The number of hydrogen-bond donors (Lipinski definition) is 2. The van der Waals surface area contributed by atoms with E-state index in [1.165, 1.54) is 18.4 Å². The molecule has 1 aromatic heterocycles. The fraction of sp³-hybridized carbons (Fsp3) is 0.636. The summed E-state index contributed by atoms with van der Waals surface area (Å²) in [6.45, 7) is 3.75. The highest BCUT2D eigenvalue weighted by atomic mass is 127. The smallest absolute Gasteiger partial charge is 0.191 e. The van der Waals surface area contributed by atoms with Crippen LogP contribution in [0.1, 0.15) is 18.4 Å². The van der Waals surface area contributed by atoms with Gasteiger partial charge in [-0.25, -0.2) is 0 Å². The predicted molar refractivity (Wildman–Crippen MR) is 79.9 cm³/mol. The molecule has 6 heteroatoms. The standard InChI is InChI=1S/C11H19N5.HI/c1-9-7-14-16(8-9)6-5-13-11(12-2)15-10-3-4-10;/h7-8,10H,3-6H2,1-2H3,(H2,12,13,15);1H. The molecule has 1 aromatic rings. The second kappa shape index (κ2) is 6.83. The Kier molecular flexibility index (Phi) is 5.73. The van der Waals surface area contributed by atoms with Gasteiger partial charge in [0.2, 0.25) is 0 Å². The molecule has 17 heavy (non-hydrogen) atoms. The molecule has 0 aliphatic heterocycles. The third kappa shape index (κ3) is 4.93. The molecule has 1 heterocycles. The first kappa shape index (κ1) is 14.3. The van der Waals surface area contributed by atoms with Crippen LogP contribution in [0.2, 0.25) is 0 Å². The monoisotopic (exact) mass is 349 g/mol. The Bertz CT molecular complexity index is 370. The van der Waals surface area contributed by atoms with Gasteiger partial charge in [0.05, 0.1) is 12.7 Å². The van der Waals surface area contributed by atoms with Gasteiger partial charge in [0.25, 0.3) is 0 Å². The zero-order valence-electron chi connectivity index (χ0n) is 10.3. The Balaban J connectivity index is 0.00000144. The lowest BCUT2D eigenvalue weighted by atomic mass is 10.4. The summed E-state index contributed by atoms with van der Waals surface area (Å²) < 4.78 is 1.94. The molecule has 0 amide bonds. The van der Waals surface area contributed by atoms with Crippen LogP contribution in [0.3, 0.4) is 0 Å². The minimum atomic E-state index is 0. The van der Waals surface area contributed by atoms with Gasteiger partial charge in [-0.15, -0.1) is 24.0 Å². The molecule has 0 radical (unpaired) electrons. The van der Waals surface area contributed by atoms with Crippen molar-refractivity contribution < 1.29 is 0 Å². The molecular weight excluding hydrogens is 329 g/mol. The molecular formula is C11H20IN5.